The van der Waals surface area contributed by atoms with Crippen LogP contribution < -0.4 is 0 Å². The van der Waals surface area contributed by atoms with Crippen LogP contribution in [0.15, 0.2) is 41.3 Å². The topological polar surface area (TPSA) is 105 Å². The van der Waals surface area contributed by atoms with E-state index in [4.69, 9.17) is 0 Å². The van der Waals surface area contributed by atoms with Gasteiger partial charge in [0.2, 0.25) is 11.6 Å². The number of pyridine rings is 1. The third kappa shape index (κ3) is 4.60. The van der Waals surface area contributed by atoms with Crippen molar-refractivity contribution in [1.82, 2.24) is 9.88 Å². The number of rotatable bonds is 5. The van der Waals surface area contributed by atoms with Gasteiger partial charge in [0, 0.05) is 18.2 Å². The van der Waals surface area contributed by atoms with Crippen molar-refractivity contribution in [3.05, 3.63) is 59.2 Å². The highest BCUT2D eigenvalue weighted by atomic mass is 32.2. The van der Waals surface area contributed by atoms with Gasteiger partial charge in [-0.1, -0.05) is 6.07 Å². The fraction of sp³-hybridized carbons (Fsp3) is 0.536. The molecular formula is C28H29F5N2O5S. The molecule has 0 spiro atoms. The maximum Gasteiger partial charge on any atom is 0.428 e. The van der Waals surface area contributed by atoms with Crippen molar-refractivity contribution in [3.63, 3.8) is 0 Å². The molecule has 0 bridgehead atoms. The van der Waals surface area contributed by atoms with Gasteiger partial charge < -0.3 is 10.0 Å². The van der Waals surface area contributed by atoms with E-state index in [9.17, 15) is 45.1 Å². The summed E-state index contributed by atoms with van der Waals surface area (Å²) in [5, 5.41) is 9.31. The van der Waals surface area contributed by atoms with Crippen molar-refractivity contribution in [2.24, 2.45) is 11.8 Å². The van der Waals surface area contributed by atoms with E-state index in [0.29, 0.717) is 32.6 Å². The summed E-state index contributed by atoms with van der Waals surface area (Å²) in [6.07, 6.45) is -3.96. The molecule has 13 heteroatoms. The van der Waals surface area contributed by atoms with Crippen molar-refractivity contribution in [1.29, 1.82) is 0 Å². The zero-order chi connectivity index (χ0) is 30.0. The number of carboxylic acids is 1. The summed E-state index contributed by atoms with van der Waals surface area (Å²) in [7, 11) is -4.38. The summed E-state index contributed by atoms with van der Waals surface area (Å²) in [6.45, 7) is 0.390. The first-order valence-corrected chi connectivity index (χ1v) is 14.9. The number of likely N-dealkylation sites (tertiary alicyclic amines) is 1. The quantitative estimate of drug-likeness (QED) is 0.380. The number of aromatic nitrogens is 1. The van der Waals surface area contributed by atoms with Crippen LogP contribution in [0.3, 0.4) is 0 Å². The van der Waals surface area contributed by atoms with Crippen molar-refractivity contribution in [3.8, 4) is 0 Å². The predicted molar refractivity (Wildman–Crippen MR) is 136 cm³/mol. The Hall–Kier alpha value is -3.09. The number of aryl methyl sites for hydroxylation is 1. The smallest absolute Gasteiger partial charge is 0.428 e. The minimum absolute atomic E-state index is 0.00817. The number of alkyl halides is 4. The molecule has 2 aliphatic carbocycles. The van der Waals surface area contributed by atoms with Crippen LogP contribution in [-0.4, -0.2) is 54.0 Å². The fourth-order valence-corrected chi connectivity index (χ4v) is 9.04. The Morgan fingerprint density at radius 2 is 1.59 bits per heavy atom. The minimum atomic E-state index is -5.25. The Morgan fingerprint density at radius 3 is 2.17 bits per heavy atom. The number of fused-ring (bicyclic) bond motifs is 3. The molecule has 1 saturated carbocycles. The highest BCUT2D eigenvalue weighted by molar-refractivity contribution is 7.92. The van der Waals surface area contributed by atoms with Crippen LogP contribution in [0.4, 0.5) is 22.0 Å². The van der Waals surface area contributed by atoms with Crippen LogP contribution in [-0.2, 0) is 36.3 Å². The highest BCUT2D eigenvalue weighted by Crippen LogP contribution is 2.54. The van der Waals surface area contributed by atoms with E-state index >= 15 is 0 Å². The molecule has 222 valence electrons. The molecule has 3 unspecified atom stereocenters. The van der Waals surface area contributed by atoms with Gasteiger partial charge in [-0.3, -0.25) is 14.6 Å². The first kappa shape index (κ1) is 29.4. The highest BCUT2D eigenvalue weighted by Gasteiger charge is 2.62. The van der Waals surface area contributed by atoms with Crippen molar-refractivity contribution >= 4 is 21.7 Å². The van der Waals surface area contributed by atoms with Crippen molar-refractivity contribution in [2.45, 2.75) is 79.4 Å². The number of aliphatic carboxylic acids is 1. The normalized spacial score (nSPS) is 28.0. The Kier molecular flexibility index (Phi) is 7.19. The number of benzene rings is 1. The van der Waals surface area contributed by atoms with Gasteiger partial charge >= 0.3 is 12.1 Å². The molecular weight excluding hydrogens is 571 g/mol. The molecule has 1 amide bonds. The van der Waals surface area contributed by atoms with Crippen LogP contribution in [0.25, 0.3) is 0 Å². The van der Waals surface area contributed by atoms with Gasteiger partial charge in [0.1, 0.15) is 10.6 Å². The average molecular weight is 601 g/mol. The van der Waals surface area contributed by atoms with Gasteiger partial charge in [0.25, 0.3) is 0 Å². The van der Waals surface area contributed by atoms with Crippen LogP contribution in [0.5, 0.6) is 0 Å². The third-order valence-corrected chi connectivity index (χ3v) is 11.6. The molecule has 2 heterocycles. The van der Waals surface area contributed by atoms with E-state index in [2.05, 4.69) is 4.98 Å². The van der Waals surface area contributed by atoms with Gasteiger partial charge in [0.15, 0.2) is 9.84 Å². The van der Waals surface area contributed by atoms with E-state index < -0.39 is 61.8 Å². The molecule has 0 radical (unpaired) electrons. The zero-order valence-corrected chi connectivity index (χ0v) is 22.9. The van der Waals surface area contributed by atoms with Gasteiger partial charge in [-0.15, -0.1) is 0 Å². The lowest BCUT2D eigenvalue weighted by Gasteiger charge is -2.43. The first-order valence-electron chi connectivity index (χ1n) is 13.4. The number of sulfone groups is 1. The summed E-state index contributed by atoms with van der Waals surface area (Å²) in [6, 6.07) is 5.29. The summed E-state index contributed by atoms with van der Waals surface area (Å²) in [5.74, 6) is -2.92. The second-order valence-corrected chi connectivity index (χ2v) is 13.5. The van der Waals surface area contributed by atoms with Crippen LogP contribution >= 0.6 is 0 Å². The van der Waals surface area contributed by atoms with Gasteiger partial charge in [-0.2, -0.15) is 13.2 Å². The van der Waals surface area contributed by atoms with Crippen LogP contribution in [0.1, 0.15) is 62.4 Å². The summed E-state index contributed by atoms with van der Waals surface area (Å²) < 4.78 is 95.8. The Bertz CT molecular complexity index is 1470. The van der Waals surface area contributed by atoms with E-state index in [1.165, 1.54) is 11.0 Å². The number of halogens is 5. The number of hydrogen-bond acceptors (Lipinski definition) is 5. The van der Waals surface area contributed by atoms with E-state index in [0.717, 1.165) is 30.3 Å². The van der Waals surface area contributed by atoms with Crippen molar-refractivity contribution < 1.29 is 45.1 Å². The van der Waals surface area contributed by atoms with Gasteiger partial charge in [-0.25, -0.2) is 17.2 Å². The molecule has 2 fully saturated rings. The largest absolute Gasteiger partial charge is 0.481 e. The van der Waals surface area contributed by atoms with Crippen LogP contribution in [0.2, 0.25) is 0 Å². The van der Waals surface area contributed by atoms with Gasteiger partial charge in [0.05, 0.1) is 22.5 Å². The standard InChI is InChI=1S/C28H29F5N2O5S/c1-26(30,28(31,32)33)22-12-10-20-21(34-22)11-13-23-27(20,41(39,40)19-8-6-18(29)7-9-19)14-15-35(23)24(36)16-2-4-17(5-3-16)25(37)38/h6-10,12,16-17,23H,2-5,11,13-15H2,1H3,(H,37,38). The number of hydrogen-bond donors (Lipinski definition) is 1. The number of carboxylic acid groups (broad SMARTS) is 1. The second kappa shape index (κ2) is 10.0. The lowest BCUT2D eigenvalue weighted by Crippen LogP contribution is -2.53. The number of carbonyl (C=O) groups is 2. The number of amides is 1. The molecule has 1 aliphatic heterocycles. The number of nitrogens with zero attached hydrogens (tertiary/aromatic N) is 2. The molecule has 1 N–H and O–H groups in total. The fourth-order valence-electron chi connectivity index (χ4n) is 6.69. The third-order valence-electron chi connectivity index (χ3n) is 9.05. The lowest BCUT2D eigenvalue weighted by atomic mass is 9.79. The number of carbonyl (C=O) groups excluding carboxylic acids is 1. The summed E-state index contributed by atoms with van der Waals surface area (Å²) >= 11 is 0. The summed E-state index contributed by atoms with van der Waals surface area (Å²) in [4.78, 5) is 30.4. The van der Waals surface area contributed by atoms with E-state index in [1.807, 2.05) is 0 Å². The maximum absolute atomic E-state index is 14.8. The van der Waals surface area contributed by atoms with Crippen molar-refractivity contribution in [2.75, 3.05) is 6.54 Å². The lowest BCUT2D eigenvalue weighted by molar-refractivity contribution is -0.230. The molecule has 7 nitrogen and oxygen atoms in total. The molecule has 5 rings (SSSR count). The molecule has 41 heavy (non-hydrogen) atoms. The molecule has 3 atom stereocenters. The second-order valence-electron chi connectivity index (χ2n) is 11.3. The van der Waals surface area contributed by atoms with E-state index in [1.54, 1.807) is 0 Å². The molecule has 2 aromatic rings. The minimum Gasteiger partial charge on any atom is -0.481 e. The molecule has 1 saturated heterocycles. The Labute approximate surface area is 233 Å². The summed E-state index contributed by atoms with van der Waals surface area (Å²) in [5.41, 5.74) is -4.55. The molecule has 3 aliphatic rings. The zero-order valence-electron chi connectivity index (χ0n) is 22.1. The maximum atomic E-state index is 14.8. The van der Waals surface area contributed by atoms with Crippen LogP contribution in [0, 0.1) is 17.7 Å². The van der Waals surface area contributed by atoms with E-state index in [-0.39, 0.29) is 47.9 Å². The first-order chi connectivity index (χ1) is 19.1. The predicted octanol–water partition coefficient (Wildman–Crippen LogP) is 5.08. The monoisotopic (exact) mass is 600 g/mol. The molecule has 1 aromatic carbocycles. The SMILES string of the molecule is CC(F)(c1ccc2c(n1)CCC1N(C(=O)C3CCC(C(=O)O)CC3)CCC21S(=O)(=O)c1ccc(F)cc1)C(F)(F)F. The molecule has 1 aromatic heterocycles. The Balaban J connectivity index is 1.59. The van der Waals surface area contributed by atoms with Gasteiger partial charge in [-0.05, 0) is 87.8 Å². The Morgan fingerprint density at radius 1 is 0.976 bits per heavy atom. The average Bonchev–Trinajstić information content (AvgIpc) is 3.34.